The summed E-state index contributed by atoms with van der Waals surface area (Å²) in [7, 11) is 0. The Morgan fingerprint density at radius 1 is 1.28 bits per heavy atom. The standard InChI is InChI=1S/C14H16BrNO2/c1-2-8-17-12-5-3-4-11(9-12)16-10-13-6-7-14(15)18-13/h3-7,9,16H,2,8,10H2,1H3. The fraction of sp³-hybridized carbons (Fsp3) is 0.286. The van der Waals surface area contributed by atoms with Crippen molar-refractivity contribution in [1.82, 2.24) is 0 Å². The van der Waals surface area contributed by atoms with Gasteiger partial charge in [0.2, 0.25) is 0 Å². The second-order valence-electron chi connectivity index (χ2n) is 3.94. The Bertz CT molecular complexity index is 496. The molecule has 0 saturated heterocycles. The normalized spacial score (nSPS) is 10.3. The zero-order valence-electron chi connectivity index (χ0n) is 10.3. The van der Waals surface area contributed by atoms with Gasteiger partial charge < -0.3 is 14.5 Å². The van der Waals surface area contributed by atoms with Crippen molar-refractivity contribution in [3.63, 3.8) is 0 Å². The number of benzene rings is 1. The fourth-order valence-electron chi connectivity index (χ4n) is 1.55. The number of anilines is 1. The van der Waals surface area contributed by atoms with Crippen LogP contribution in [0.25, 0.3) is 0 Å². The molecule has 0 bridgehead atoms. The van der Waals surface area contributed by atoms with E-state index in [-0.39, 0.29) is 0 Å². The van der Waals surface area contributed by atoms with E-state index in [0.717, 1.165) is 34.9 Å². The average molecular weight is 310 g/mol. The van der Waals surface area contributed by atoms with Crippen LogP contribution in [0.5, 0.6) is 5.75 Å². The SMILES string of the molecule is CCCOc1cccc(NCc2ccc(Br)o2)c1. The van der Waals surface area contributed by atoms with Gasteiger partial charge in [0.25, 0.3) is 0 Å². The van der Waals surface area contributed by atoms with Crippen molar-refractivity contribution in [2.24, 2.45) is 0 Å². The smallest absolute Gasteiger partial charge is 0.169 e. The van der Waals surface area contributed by atoms with Gasteiger partial charge in [-0.2, -0.15) is 0 Å². The first-order valence-electron chi connectivity index (χ1n) is 5.99. The predicted octanol–water partition coefficient (Wildman–Crippen LogP) is 4.44. The summed E-state index contributed by atoms with van der Waals surface area (Å²) >= 11 is 3.28. The molecule has 0 aliphatic heterocycles. The number of hydrogen-bond acceptors (Lipinski definition) is 3. The second-order valence-corrected chi connectivity index (χ2v) is 4.72. The molecule has 0 aliphatic rings. The van der Waals surface area contributed by atoms with E-state index in [1.165, 1.54) is 0 Å². The number of nitrogens with one attached hydrogen (secondary N) is 1. The lowest BCUT2D eigenvalue weighted by Gasteiger charge is -2.08. The van der Waals surface area contributed by atoms with Crippen molar-refractivity contribution < 1.29 is 9.15 Å². The van der Waals surface area contributed by atoms with Crippen molar-refractivity contribution in [1.29, 1.82) is 0 Å². The first kappa shape index (κ1) is 13.0. The largest absolute Gasteiger partial charge is 0.494 e. The summed E-state index contributed by atoms with van der Waals surface area (Å²) in [4.78, 5) is 0. The lowest BCUT2D eigenvalue weighted by atomic mass is 10.3. The second kappa shape index (κ2) is 6.50. The zero-order valence-corrected chi connectivity index (χ0v) is 11.9. The van der Waals surface area contributed by atoms with Crippen LogP contribution in [-0.4, -0.2) is 6.61 Å². The summed E-state index contributed by atoms with van der Waals surface area (Å²) in [5, 5.41) is 3.30. The Labute approximate surface area is 115 Å². The van der Waals surface area contributed by atoms with E-state index in [2.05, 4.69) is 28.2 Å². The van der Waals surface area contributed by atoms with Gasteiger partial charge in [0.15, 0.2) is 4.67 Å². The highest BCUT2D eigenvalue weighted by Gasteiger charge is 2.00. The van der Waals surface area contributed by atoms with E-state index in [1.807, 2.05) is 36.4 Å². The minimum Gasteiger partial charge on any atom is -0.494 e. The molecule has 2 aromatic rings. The van der Waals surface area contributed by atoms with Crippen molar-refractivity contribution in [3.05, 3.63) is 46.8 Å². The molecule has 4 heteroatoms. The number of ether oxygens (including phenoxy) is 1. The van der Waals surface area contributed by atoms with Gasteiger partial charge >= 0.3 is 0 Å². The van der Waals surface area contributed by atoms with Gasteiger partial charge in [-0.15, -0.1) is 0 Å². The lowest BCUT2D eigenvalue weighted by Crippen LogP contribution is -1.99. The van der Waals surface area contributed by atoms with E-state index in [9.17, 15) is 0 Å². The minimum atomic E-state index is 0.656. The van der Waals surface area contributed by atoms with Gasteiger partial charge in [0.1, 0.15) is 11.5 Å². The first-order valence-corrected chi connectivity index (χ1v) is 6.78. The summed E-state index contributed by atoms with van der Waals surface area (Å²) in [5.41, 5.74) is 1.02. The molecule has 18 heavy (non-hydrogen) atoms. The van der Waals surface area contributed by atoms with Crippen LogP contribution < -0.4 is 10.1 Å². The number of rotatable bonds is 6. The predicted molar refractivity (Wildman–Crippen MR) is 76.0 cm³/mol. The molecule has 0 spiro atoms. The number of furan rings is 1. The van der Waals surface area contributed by atoms with Crippen LogP contribution in [0.3, 0.4) is 0 Å². The highest BCUT2D eigenvalue weighted by atomic mass is 79.9. The maximum Gasteiger partial charge on any atom is 0.169 e. The third-order valence-corrected chi connectivity index (χ3v) is 2.83. The molecular weight excluding hydrogens is 294 g/mol. The Morgan fingerprint density at radius 3 is 2.89 bits per heavy atom. The van der Waals surface area contributed by atoms with Gasteiger partial charge in [0, 0.05) is 11.8 Å². The molecule has 1 aromatic heterocycles. The Hall–Kier alpha value is -1.42. The average Bonchev–Trinajstić information content (AvgIpc) is 2.80. The lowest BCUT2D eigenvalue weighted by molar-refractivity contribution is 0.317. The fourth-order valence-corrected chi connectivity index (χ4v) is 1.89. The van der Waals surface area contributed by atoms with Gasteiger partial charge in [0.05, 0.1) is 13.2 Å². The molecule has 0 saturated carbocycles. The molecular formula is C14H16BrNO2. The van der Waals surface area contributed by atoms with E-state index < -0.39 is 0 Å². The summed E-state index contributed by atoms with van der Waals surface area (Å²) in [5.74, 6) is 1.78. The molecule has 1 N–H and O–H groups in total. The number of halogens is 1. The summed E-state index contributed by atoms with van der Waals surface area (Å²) in [6.45, 7) is 3.49. The summed E-state index contributed by atoms with van der Waals surface area (Å²) in [6, 6.07) is 11.8. The maximum atomic E-state index is 5.58. The van der Waals surface area contributed by atoms with Crippen molar-refractivity contribution in [2.75, 3.05) is 11.9 Å². The third kappa shape index (κ3) is 3.81. The quantitative estimate of drug-likeness (QED) is 0.856. The highest BCUT2D eigenvalue weighted by Crippen LogP contribution is 2.19. The third-order valence-electron chi connectivity index (χ3n) is 2.40. The van der Waals surface area contributed by atoms with Crippen LogP contribution in [0.1, 0.15) is 19.1 Å². The van der Waals surface area contributed by atoms with Crippen LogP contribution in [0.2, 0.25) is 0 Å². The molecule has 0 radical (unpaired) electrons. The Morgan fingerprint density at radius 2 is 2.17 bits per heavy atom. The topological polar surface area (TPSA) is 34.4 Å². The van der Waals surface area contributed by atoms with Crippen LogP contribution >= 0.6 is 15.9 Å². The molecule has 1 aromatic carbocycles. The van der Waals surface area contributed by atoms with Crippen molar-refractivity contribution >= 4 is 21.6 Å². The van der Waals surface area contributed by atoms with Crippen LogP contribution in [0.4, 0.5) is 5.69 Å². The van der Waals surface area contributed by atoms with Crippen LogP contribution in [-0.2, 0) is 6.54 Å². The summed E-state index contributed by atoms with van der Waals surface area (Å²) in [6.07, 6.45) is 1.01. The molecule has 0 fully saturated rings. The van der Waals surface area contributed by atoms with E-state index >= 15 is 0 Å². The van der Waals surface area contributed by atoms with E-state index in [1.54, 1.807) is 0 Å². The highest BCUT2D eigenvalue weighted by molar-refractivity contribution is 9.10. The van der Waals surface area contributed by atoms with Crippen molar-refractivity contribution in [2.45, 2.75) is 19.9 Å². The molecule has 3 nitrogen and oxygen atoms in total. The van der Waals surface area contributed by atoms with E-state index in [4.69, 9.17) is 9.15 Å². The number of hydrogen-bond donors (Lipinski definition) is 1. The molecule has 1 heterocycles. The van der Waals surface area contributed by atoms with Gasteiger partial charge in [-0.05, 0) is 46.6 Å². The molecule has 0 amide bonds. The van der Waals surface area contributed by atoms with Crippen molar-refractivity contribution in [3.8, 4) is 5.75 Å². The van der Waals surface area contributed by atoms with Gasteiger partial charge in [-0.1, -0.05) is 13.0 Å². The Balaban J connectivity index is 1.92. The van der Waals surface area contributed by atoms with Crippen LogP contribution in [0, 0.1) is 0 Å². The van der Waals surface area contributed by atoms with E-state index in [0.29, 0.717) is 6.54 Å². The minimum absolute atomic E-state index is 0.656. The molecule has 0 aliphatic carbocycles. The van der Waals surface area contributed by atoms with Crippen LogP contribution in [0.15, 0.2) is 45.5 Å². The van der Waals surface area contributed by atoms with Gasteiger partial charge in [-0.25, -0.2) is 0 Å². The zero-order chi connectivity index (χ0) is 12.8. The maximum absolute atomic E-state index is 5.58. The molecule has 2 rings (SSSR count). The molecule has 96 valence electrons. The summed E-state index contributed by atoms with van der Waals surface area (Å²) < 4.78 is 11.8. The van der Waals surface area contributed by atoms with Gasteiger partial charge in [-0.3, -0.25) is 0 Å². The first-order chi connectivity index (χ1) is 8.78. The molecule has 0 atom stereocenters. The monoisotopic (exact) mass is 309 g/mol. The Kier molecular flexibility index (Phi) is 4.70. The molecule has 0 unspecified atom stereocenters.